The Kier molecular flexibility index (Phi) is 5.11. The lowest BCUT2D eigenvalue weighted by Gasteiger charge is -2.40. The molecule has 0 radical (unpaired) electrons. The molecule has 1 saturated heterocycles. The predicted molar refractivity (Wildman–Crippen MR) is 89.6 cm³/mol. The Morgan fingerprint density at radius 2 is 1.88 bits per heavy atom. The van der Waals surface area contributed by atoms with E-state index in [9.17, 15) is 19.2 Å². The van der Waals surface area contributed by atoms with Gasteiger partial charge in [-0.1, -0.05) is 20.8 Å². The lowest BCUT2D eigenvalue weighted by molar-refractivity contribution is -0.141. The SMILES string of the molecule is C[C@@H](NC(=O)CN1C(=O)NC2(CCC(C(C)(C)C)CC2)C1=O)C(=O)O. The van der Waals surface area contributed by atoms with Crippen molar-refractivity contribution in [3.63, 3.8) is 0 Å². The van der Waals surface area contributed by atoms with E-state index in [1.807, 2.05) is 0 Å². The maximum Gasteiger partial charge on any atom is 0.325 e. The summed E-state index contributed by atoms with van der Waals surface area (Å²) in [6, 6.07) is -1.67. The summed E-state index contributed by atoms with van der Waals surface area (Å²) >= 11 is 0. The van der Waals surface area contributed by atoms with Gasteiger partial charge in [0.1, 0.15) is 18.1 Å². The number of carboxylic acids is 1. The molecule has 4 amide bonds. The third-order valence-electron chi connectivity index (χ3n) is 5.36. The Labute approximate surface area is 147 Å². The number of rotatable bonds is 4. The molecule has 25 heavy (non-hydrogen) atoms. The van der Waals surface area contributed by atoms with E-state index in [1.165, 1.54) is 6.92 Å². The van der Waals surface area contributed by atoms with E-state index in [0.717, 1.165) is 17.7 Å². The molecule has 1 saturated carbocycles. The molecule has 2 aliphatic rings. The van der Waals surface area contributed by atoms with E-state index >= 15 is 0 Å². The van der Waals surface area contributed by atoms with Crippen molar-refractivity contribution in [3.8, 4) is 0 Å². The van der Waals surface area contributed by atoms with Crippen LogP contribution in [0.2, 0.25) is 0 Å². The van der Waals surface area contributed by atoms with Gasteiger partial charge in [-0.3, -0.25) is 19.3 Å². The van der Waals surface area contributed by atoms with Gasteiger partial charge in [0.25, 0.3) is 5.91 Å². The number of hydrogen-bond donors (Lipinski definition) is 3. The van der Waals surface area contributed by atoms with Crippen LogP contribution in [0.25, 0.3) is 0 Å². The molecule has 1 spiro atoms. The lowest BCUT2D eigenvalue weighted by Crippen LogP contribution is -2.51. The van der Waals surface area contributed by atoms with Crippen molar-refractivity contribution in [2.24, 2.45) is 11.3 Å². The van der Waals surface area contributed by atoms with Gasteiger partial charge in [0.15, 0.2) is 0 Å². The third-order valence-corrected chi connectivity index (χ3v) is 5.36. The van der Waals surface area contributed by atoms with Crippen molar-refractivity contribution in [2.45, 2.75) is 65.0 Å². The summed E-state index contributed by atoms with van der Waals surface area (Å²) in [7, 11) is 0. The van der Waals surface area contributed by atoms with E-state index < -0.39 is 36.0 Å². The minimum atomic E-state index is -1.18. The molecule has 1 heterocycles. The highest BCUT2D eigenvalue weighted by molar-refractivity contribution is 6.09. The van der Waals surface area contributed by atoms with Crippen LogP contribution in [0.15, 0.2) is 0 Å². The van der Waals surface area contributed by atoms with Crippen LogP contribution in [-0.2, 0) is 14.4 Å². The van der Waals surface area contributed by atoms with E-state index in [1.54, 1.807) is 0 Å². The molecule has 1 aliphatic carbocycles. The van der Waals surface area contributed by atoms with Gasteiger partial charge in [-0.15, -0.1) is 0 Å². The van der Waals surface area contributed by atoms with Crippen LogP contribution in [0, 0.1) is 11.3 Å². The Balaban J connectivity index is 2.01. The molecule has 0 unspecified atom stereocenters. The molecule has 0 aromatic rings. The Morgan fingerprint density at radius 3 is 2.36 bits per heavy atom. The molecule has 140 valence electrons. The lowest BCUT2D eigenvalue weighted by atomic mass is 9.67. The molecule has 2 fully saturated rings. The number of urea groups is 1. The second-order valence-electron chi connectivity index (χ2n) is 8.17. The number of amides is 4. The van der Waals surface area contributed by atoms with Crippen LogP contribution in [0.1, 0.15) is 53.4 Å². The second-order valence-corrected chi connectivity index (χ2v) is 8.17. The summed E-state index contributed by atoms with van der Waals surface area (Å²) in [4.78, 5) is 48.5. The normalized spacial score (nSPS) is 28.0. The first kappa shape index (κ1) is 19.2. The first-order valence-corrected chi connectivity index (χ1v) is 8.62. The molecule has 8 nitrogen and oxygen atoms in total. The summed E-state index contributed by atoms with van der Waals surface area (Å²) in [5.41, 5.74) is -0.767. The van der Waals surface area contributed by atoms with E-state index in [2.05, 4.69) is 31.4 Å². The van der Waals surface area contributed by atoms with Crippen LogP contribution in [-0.4, -0.2) is 51.9 Å². The average molecular weight is 353 g/mol. The van der Waals surface area contributed by atoms with Crippen LogP contribution < -0.4 is 10.6 Å². The van der Waals surface area contributed by atoms with Crippen LogP contribution in [0.3, 0.4) is 0 Å². The van der Waals surface area contributed by atoms with Crippen molar-refractivity contribution in [3.05, 3.63) is 0 Å². The summed E-state index contributed by atoms with van der Waals surface area (Å²) in [5.74, 6) is -1.75. The molecule has 0 bridgehead atoms. The Morgan fingerprint density at radius 1 is 1.32 bits per heavy atom. The minimum absolute atomic E-state index is 0.153. The molecular formula is C17H27N3O5. The first-order valence-electron chi connectivity index (χ1n) is 8.62. The van der Waals surface area contributed by atoms with Crippen LogP contribution in [0.5, 0.6) is 0 Å². The predicted octanol–water partition coefficient (Wildman–Crippen LogP) is 1.10. The molecule has 8 heteroatoms. The number of carbonyl (C=O) groups is 4. The maximum absolute atomic E-state index is 12.8. The number of carboxylic acid groups (broad SMARTS) is 1. The topological polar surface area (TPSA) is 116 Å². The van der Waals surface area contributed by atoms with Gasteiger partial charge in [-0.2, -0.15) is 0 Å². The number of nitrogens with one attached hydrogen (secondary N) is 2. The number of carbonyl (C=O) groups excluding carboxylic acids is 3. The summed E-state index contributed by atoms with van der Waals surface area (Å²) in [6.07, 6.45) is 2.80. The zero-order valence-electron chi connectivity index (χ0n) is 15.2. The quantitative estimate of drug-likeness (QED) is 0.655. The molecule has 1 atom stereocenters. The molecule has 2 rings (SSSR count). The van der Waals surface area contributed by atoms with Crippen molar-refractivity contribution in [2.75, 3.05) is 6.54 Å². The van der Waals surface area contributed by atoms with Gasteiger partial charge in [0.2, 0.25) is 5.91 Å². The van der Waals surface area contributed by atoms with E-state index in [4.69, 9.17) is 5.11 Å². The smallest absolute Gasteiger partial charge is 0.325 e. The van der Waals surface area contributed by atoms with Gasteiger partial charge in [-0.25, -0.2) is 4.79 Å². The molecule has 3 N–H and O–H groups in total. The van der Waals surface area contributed by atoms with Crippen molar-refractivity contribution in [1.82, 2.24) is 15.5 Å². The zero-order chi connectivity index (χ0) is 19.0. The minimum Gasteiger partial charge on any atom is -0.480 e. The van der Waals surface area contributed by atoms with Gasteiger partial charge >= 0.3 is 12.0 Å². The monoisotopic (exact) mass is 353 g/mol. The second kappa shape index (κ2) is 6.65. The highest BCUT2D eigenvalue weighted by Crippen LogP contribution is 2.43. The molecule has 1 aliphatic heterocycles. The highest BCUT2D eigenvalue weighted by atomic mass is 16.4. The van der Waals surface area contributed by atoms with Crippen molar-refractivity contribution in [1.29, 1.82) is 0 Å². The standard InChI is InChI=1S/C17H27N3O5/c1-10(13(22)23)18-12(21)9-20-14(24)17(19-15(20)25)7-5-11(6-8-17)16(2,3)4/h10-11H,5-9H2,1-4H3,(H,18,21)(H,19,25)(H,22,23)/t10-,11?,17?/m1/s1. The Bertz CT molecular complexity index is 588. The fourth-order valence-electron chi connectivity index (χ4n) is 3.63. The fourth-order valence-corrected chi connectivity index (χ4v) is 3.63. The number of aliphatic carboxylic acids is 1. The summed E-state index contributed by atoms with van der Waals surface area (Å²) in [6.45, 7) is 7.37. The maximum atomic E-state index is 12.8. The van der Waals surface area contributed by atoms with Gasteiger partial charge in [-0.05, 0) is 43.9 Å². The average Bonchev–Trinajstić information content (AvgIpc) is 2.71. The van der Waals surface area contributed by atoms with Crippen molar-refractivity contribution >= 4 is 23.8 Å². The van der Waals surface area contributed by atoms with Crippen LogP contribution >= 0.6 is 0 Å². The van der Waals surface area contributed by atoms with Crippen LogP contribution in [0.4, 0.5) is 4.79 Å². The molecule has 0 aromatic heterocycles. The van der Waals surface area contributed by atoms with Crippen molar-refractivity contribution < 1.29 is 24.3 Å². The fraction of sp³-hybridized carbons (Fsp3) is 0.765. The van der Waals surface area contributed by atoms with Gasteiger partial charge in [0, 0.05) is 0 Å². The zero-order valence-corrected chi connectivity index (χ0v) is 15.2. The third kappa shape index (κ3) is 3.93. The Hall–Kier alpha value is -2.12. The highest BCUT2D eigenvalue weighted by Gasteiger charge is 2.53. The molecular weight excluding hydrogens is 326 g/mol. The summed E-state index contributed by atoms with van der Waals surface area (Å²) in [5, 5.41) is 13.8. The number of imide groups is 1. The molecule has 0 aromatic carbocycles. The van der Waals surface area contributed by atoms with E-state index in [-0.39, 0.29) is 11.3 Å². The van der Waals surface area contributed by atoms with Gasteiger partial charge in [0.05, 0.1) is 0 Å². The first-order chi connectivity index (χ1) is 11.5. The largest absolute Gasteiger partial charge is 0.480 e. The number of hydrogen-bond acceptors (Lipinski definition) is 4. The van der Waals surface area contributed by atoms with E-state index in [0.29, 0.717) is 18.8 Å². The van der Waals surface area contributed by atoms with Gasteiger partial charge < -0.3 is 15.7 Å². The summed E-state index contributed by atoms with van der Waals surface area (Å²) < 4.78 is 0. The number of nitrogens with zero attached hydrogens (tertiary/aromatic N) is 1.